The van der Waals surface area contributed by atoms with Gasteiger partial charge in [0.15, 0.2) is 0 Å². The van der Waals surface area contributed by atoms with Gasteiger partial charge in [-0.25, -0.2) is 4.79 Å². The Morgan fingerprint density at radius 3 is 2.58 bits per heavy atom. The molecule has 0 heterocycles. The van der Waals surface area contributed by atoms with E-state index < -0.39 is 12.0 Å². The summed E-state index contributed by atoms with van der Waals surface area (Å²) in [5.74, 6) is -0.427. The molecule has 0 fully saturated rings. The van der Waals surface area contributed by atoms with Crippen LogP contribution in [0.1, 0.15) is 20.8 Å². The molecule has 0 atom stereocenters. The van der Waals surface area contributed by atoms with Crippen LogP contribution in [0, 0.1) is 11.3 Å². The Balaban J connectivity index is 3.99. The first-order valence-electron chi connectivity index (χ1n) is 6.06. The van der Waals surface area contributed by atoms with Crippen molar-refractivity contribution in [1.82, 2.24) is 16.0 Å². The van der Waals surface area contributed by atoms with Crippen molar-refractivity contribution in [2.45, 2.75) is 26.8 Å². The Bertz CT molecular complexity index is 372. The molecule has 0 spiro atoms. The lowest BCUT2D eigenvalue weighted by Crippen LogP contribution is -2.33. The van der Waals surface area contributed by atoms with Gasteiger partial charge in [-0.05, 0) is 20.8 Å². The van der Waals surface area contributed by atoms with Crippen LogP contribution in [-0.4, -0.2) is 37.7 Å². The predicted octanol–water partition coefficient (Wildman–Crippen LogP) is 0.254. The number of amides is 2. The van der Waals surface area contributed by atoms with Crippen molar-refractivity contribution in [2.24, 2.45) is 0 Å². The number of hydrogen-bond acceptors (Lipinski definition) is 5. The van der Waals surface area contributed by atoms with Crippen molar-refractivity contribution in [3.05, 3.63) is 11.8 Å². The monoisotopic (exact) mass is 268 g/mol. The van der Waals surface area contributed by atoms with E-state index in [4.69, 9.17) is 5.26 Å². The number of carbonyl (C=O) groups excluding carboxylic acids is 2. The minimum Gasteiger partial charge on any atom is -0.450 e. The molecule has 0 aliphatic rings. The first kappa shape index (κ1) is 16.8. The number of nitrogens with zero attached hydrogens (tertiary/aromatic N) is 1. The molecule has 0 rings (SSSR count). The van der Waals surface area contributed by atoms with Crippen molar-refractivity contribution >= 4 is 12.0 Å². The molecule has 7 heteroatoms. The second-order valence-electron chi connectivity index (χ2n) is 3.90. The fraction of sp³-hybridized carbons (Fsp3) is 0.583. The minimum atomic E-state index is -0.494. The second-order valence-corrected chi connectivity index (χ2v) is 3.90. The molecule has 0 unspecified atom stereocenters. The number of ether oxygens (including phenoxy) is 1. The molecule has 0 aromatic rings. The van der Waals surface area contributed by atoms with Crippen LogP contribution >= 0.6 is 0 Å². The first-order valence-corrected chi connectivity index (χ1v) is 6.06. The number of hydrogen-bond donors (Lipinski definition) is 3. The SMILES string of the molecule is CCOC(=O)NCCN/C=C(/C#N)C(=O)NC(C)C. The Morgan fingerprint density at radius 2 is 2.05 bits per heavy atom. The summed E-state index contributed by atoms with van der Waals surface area (Å²) in [7, 11) is 0. The van der Waals surface area contributed by atoms with E-state index in [1.165, 1.54) is 6.20 Å². The number of rotatable bonds is 7. The van der Waals surface area contributed by atoms with Crippen LogP contribution < -0.4 is 16.0 Å². The Hall–Kier alpha value is -2.23. The molecule has 7 nitrogen and oxygen atoms in total. The van der Waals surface area contributed by atoms with E-state index in [0.717, 1.165) is 0 Å². The van der Waals surface area contributed by atoms with Crippen LogP contribution in [-0.2, 0) is 9.53 Å². The summed E-state index contributed by atoms with van der Waals surface area (Å²) in [5, 5.41) is 16.7. The Morgan fingerprint density at radius 1 is 1.37 bits per heavy atom. The molecule has 2 amide bonds. The summed E-state index contributed by atoms with van der Waals surface area (Å²) in [4.78, 5) is 22.4. The number of nitriles is 1. The quantitative estimate of drug-likeness (QED) is 0.349. The predicted molar refractivity (Wildman–Crippen MR) is 70.0 cm³/mol. The van der Waals surface area contributed by atoms with E-state index in [1.54, 1.807) is 13.0 Å². The summed E-state index contributed by atoms with van der Waals surface area (Å²) in [6.45, 7) is 6.37. The lowest BCUT2D eigenvalue weighted by Gasteiger charge is -2.08. The maximum absolute atomic E-state index is 11.5. The topological polar surface area (TPSA) is 103 Å². The largest absolute Gasteiger partial charge is 0.450 e. The van der Waals surface area contributed by atoms with Crippen LogP contribution in [0.5, 0.6) is 0 Å². The third-order valence-electron chi connectivity index (χ3n) is 1.85. The normalized spacial score (nSPS) is 10.6. The van der Waals surface area contributed by atoms with Gasteiger partial charge in [-0.3, -0.25) is 4.79 Å². The molecule has 0 aliphatic carbocycles. The van der Waals surface area contributed by atoms with Gasteiger partial charge >= 0.3 is 6.09 Å². The van der Waals surface area contributed by atoms with Crippen LogP contribution in [0.15, 0.2) is 11.8 Å². The molecule has 3 N–H and O–H groups in total. The number of carbonyl (C=O) groups is 2. The van der Waals surface area contributed by atoms with Gasteiger partial charge in [-0.1, -0.05) is 0 Å². The van der Waals surface area contributed by atoms with Crippen LogP contribution in [0.25, 0.3) is 0 Å². The third kappa shape index (κ3) is 8.49. The third-order valence-corrected chi connectivity index (χ3v) is 1.85. The molecule has 0 saturated carbocycles. The van der Waals surface area contributed by atoms with Gasteiger partial charge in [0.25, 0.3) is 5.91 Å². The van der Waals surface area contributed by atoms with Crippen LogP contribution in [0.3, 0.4) is 0 Å². The smallest absolute Gasteiger partial charge is 0.407 e. The van der Waals surface area contributed by atoms with Gasteiger partial charge in [-0.2, -0.15) is 5.26 Å². The molecule has 0 saturated heterocycles. The molecule has 0 radical (unpaired) electrons. The first-order chi connectivity index (χ1) is 9.01. The highest BCUT2D eigenvalue weighted by molar-refractivity contribution is 5.97. The zero-order chi connectivity index (χ0) is 14.7. The van der Waals surface area contributed by atoms with Gasteiger partial charge in [0.05, 0.1) is 6.61 Å². The average molecular weight is 268 g/mol. The van der Waals surface area contributed by atoms with Gasteiger partial charge in [-0.15, -0.1) is 0 Å². The van der Waals surface area contributed by atoms with Crippen molar-refractivity contribution in [3.8, 4) is 6.07 Å². The van der Waals surface area contributed by atoms with E-state index in [9.17, 15) is 9.59 Å². The maximum Gasteiger partial charge on any atom is 0.407 e. The summed E-state index contributed by atoms with van der Waals surface area (Å²) in [6.07, 6.45) is 0.830. The molecule has 0 aliphatic heterocycles. The highest BCUT2D eigenvalue weighted by atomic mass is 16.5. The minimum absolute atomic E-state index is 0.00941. The Kier molecular flexibility index (Phi) is 8.62. The zero-order valence-corrected chi connectivity index (χ0v) is 11.4. The van der Waals surface area contributed by atoms with E-state index in [0.29, 0.717) is 19.7 Å². The molecule has 0 bridgehead atoms. The van der Waals surface area contributed by atoms with E-state index in [2.05, 4.69) is 20.7 Å². The van der Waals surface area contributed by atoms with Crippen molar-refractivity contribution in [1.29, 1.82) is 5.26 Å². The summed E-state index contributed by atoms with van der Waals surface area (Å²) >= 11 is 0. The van der Waals surface area contributed by atoms with Gasteiger partial charge < -0.3 is 20.7 Å². The zero-order valence-electron chi connectivity index (χ0n) is 11.4. The summed E-state index contributed by atoms with van der Waals surface area (Å²) < 4.78 is 4.66. The second kappa shape index (κ2) is 9.76. The lowest BCUT2D eigenvalue weighted by atomic mass is 10.2. The molecular formula is C12H20N4O3. The van der Waals surface area contributed by atoms with Crippen LogP contribution in [0.4, 0.5) is 4.79 Å². The maximum atomic E-state index is 11.5. The van der Waals surface area contributed by atoms with Crippen molar-refractivity contribution in [2.75, 3.05) is 19.7 Å². The van der Waals surface area contributed by atoms with Gasteiger partial charge in [0.1, 0.15) is 11.6 Å². The van der Waals surface area contributed by atoms with E-state index in [-0.39, 0.29) is 11.6 Å². The highest BCUT2D eigenvalue weighted by Gasteiger charge is 2.09. The molecule has 0 aromatic carbocycles. The highest BCUT2D eigenvalue weighted by Crippen LogP contribution is 1.91. The molecule has 106 valence electrons. The fourth-order valence-corrected chi connectivity index (χ4v) is 1.08. The van der Waals surface area contributed by atoms with Gasteiger partial charge in [0, 0.05) is 25.3 Å². The number of nitrogens with one attached hydrogen (secondary N) is 3. The summed E-state index contributed by atoms with van der Waals surface area (Å²) in [5.41, 5.74) is -0.00941. The van der Waals surface area contributed by atoms with E-state index >= 15 is 0 Å². The van der Waals surface area contributed by atoms with Gasteiger partial charge in [0.2, 0.25) is 0 Å². The molecule has 0 aromatic heterocycles. The molecule has 19 heavy (non-hydrogen) atoms. The average Bonchev–Trinajstić information content (AvgIpc) is 2.33. The lowest BCUT2D eigenvalue weighted by molar-refractivity contribution is -0.117. The number of alkyl carbamates (subject to hydrolysis) is 1. The van der Waals surface area contributed by atoms with Crippen molar-refractivity contribution < 1.29 is 14.3 Å². The van der Waals surface area contributed by atoms with E-state index in [1.807, 2.05) is 13.8 Å². The Labute approximate surface area is 113 Å². The molecular weight excluding hydrogens is 248 g/mol. The fourth-order valence-electron chi connectivity index (χ4n) is 1.08. The standard InChI is InChI=1S/C12H20N4O3/c1-4-19-12(18)15-6-5-14-8-10(7-13)11(17)16-9(2)3/h8-9,14H,4-6H2,1-3H3,(H,15,18)(H,16,17)/b10-8-. The van der Waals surface area contributed by atoms with Crippen LogP contribution in [0.2, 0.25) is 0 Å². The van der Waals surface area contributed by atoms with Crippen molar-refractivity contribution in [3.63, 3.8) is 0 Å². The summed E-state index contributed by atoms with van der Waals surface area (Å²) in [6, 6.07) is 1.77.